The number of nitrogens with zero attached hydrogens (tertiary/aromatic N) is 2. The molecule has 6 nitrogen and oxygen atoms in total. The summed E-state index contributed by atoms with van der Waals surface area (Å²) in [6, 6.07) is 6.76. The second-order valence-electron chi connectivity index (χ2n) is 5.94. The predicted molar refractivity (Wildman–Crippen MR) is 92.4 cm³/mol. The molecule has 1 atom stereocenters. The summed E-state index contributed by atoms with van der Waals surface area (Å²) >= 11 is 5.89. The van der Waals surface area contributed by atoms with Gasteiger partial charge in [-0.2, -0.15) is 13.2 Å². The van der Waals surface area contributed by atoms with E-state index >= 15 is 0 Å². The van der Waals surface area contributed by atoms with Crippen molar-refractivity contribution in [3.8, 4) is 5.75 Å². The number of halogens is 4. The smallest absolute Gasteiger partial charge is 0.408 e. The predicted octanol–water partition coefficient (Wildman–Crippen LogP) is 2.99. The third-order valence-corrected chi connectivity index (χ3v) is 4.43. The van der Waals surface area contributed by atoms with Crippen LogP contribution in [0.2, 0.25) is 5.02 Å². The first-order valence-electron chi connectivity index (χ1n) is 7.93. The molecule has 1 N–H and O–H groups in total. The van der Waals surface area contributed by atoms with E-state index in [0.29, 0.717) is 10.5 Å². The maximum absolute atomic E-state index is 13.1. The lowest BCUT2D eigenvalue weighted by atomic mass is 10.2. The number of aromatic nitrogens is 1. The zero-order valence-corrected chi connectivity index (χ0v) is 14.8. The van der Waals surface area contributed by atoms with Crippen molar-refractivity contribution in [3.05, 3.63) is 63.0 Å². The molecule has 1 amide bonds. The molecule has 2 aromatic rings. The minimum absolute atomic E-state index is 0.0501. The number of hydrogen-bond donors (Lipinski definition) is 1. The Hall–Kier alpha value is -2.68. The second kappa shape index (κ2) is 7.15. The zero-order valence-electron chi connectivity index (χ0n) is 14.1. The first-order chi connectivity index (χ1) is 12.7. The molecule has 0 spiro atoms. The Kier molecular flexibility index (Phi) is 5.05. The average molecular weight is 402 g/mol. The number of benzene rings is 1. The molecule has 0 aliphatic carbocycles. The van der Waals surface area contributed by atoms with Crippen LogP contribution in [0.4, 0.5) is 13.2 Å². The summed E-state index contributed by atoms with van der Waals surface area (Å²) in [7, 11) is 0. The first kappa shape index (κ1) is 19.1. The summed E-state index contributed by atoms with van der Waals surface area (Å²) in [5, 5.41) is -0.223. The van der Waals surface area contributed by atoms with Gasteiger partial charge in [0.15, 0.2) is 11.4 Å². The van der Waals surface area contributed by atoms with Crippen LogP contribution in [0.5, 0.6) is 5.75 Å². The van der Waals surface area contributed by atoms with Gasteiger partial charge in [0.05, 0.1) is 0 Å². The van der Waals surface area contributed by atoms with Gasteiger partial charge in [0.2, 0.25) is 5.43 Å². The molecule has 0 saturated carbocycles. The highest BCUT2D eigenvalue weighted by molar-refractivity contribution is 6.30. The largest absolute Gasteiger partial charge is 0.482 e. The summed E-state index contributed by atoms with van der Waals surface area (Å²) in [6.45, 7) is 0.420. The van der Waals surface area contributed by atoms with Crippen molar-refractivity contribution in [3.63, 3.8) is 0 Å². The lowest BCUT2D eigenvalue weighted by Crippen LogP contribution is -2.54. The minimum Gasteiger partial charge on any atom is -0.482 e. The highest BCUT2D eigenvalue weighted by atomic mass is 35.5. The van der Waals surface area contributed by atoms with E-state index in [1.54, 1.807) is 30.3 Å². The number of ether oxygens (including phenoxy) is 1. The fourth-order valence-electron chi connectivity index (χ4n) is 2.60. The van der Waals surface area contributed by atoms with Crippen LogP contribution in [0.25, 0.3) is 0 Å². The molecule has 144 valence electrons. The van der Waals surface area contributed by atoms with Crippen molar-refractivity contribution in [1.82, 2.24) is 9.58 Å². The van der Waals surface area contributed by atoms with Gasteiger partial charge in [0.25, 0.3) is 5.91 Å². The third-order valence-electron chi connectivity index (χ3n) is 4.16. The van der Waals surface area contributed by atoms with Gasteiger partial charge in [0.1, 0.15) is 24.3 Å². The normalized spacial score (nSPS) is 15.1. The summed E-state index contributed by atoms with van der Waals surface area (Å²) < 4.78 is 45.8. The zero-order chi connectivity index (χ0) is 19.8. The Morgan fingerprint density at radius 3 is 2.56 bits per heavy atom. The standard InChI is InChI=1S/C17H15ClF3N3O3/c1-10(17(19,20)21)23-9-22-24-7-12(18)14(25)15(13(24)16(23)26)27-8-11-5-3-2-4-6-11/h2-7,10,22H,8-9H2,1H3/t10-/m1/s1. The van der Waals surface area contributed by atoms with E-state index in [0.717, 1.165) is 17.8 Å². The van der Waals surface area contributed by atoms with Crippen LogP contribution in [-0.2, 0) is 6.61 Å². The lowest BCUT2D eigenvalue weighted by molar-refractivity contribution is -0.172. The number of nitrogens with one attached hydrogen (secondary N) is 1. The van der Waals surface area contributed by atoms with Gasteiger partial charge in [-0.1, -0.05) is 41.9 Å². The topological polar surface area (TPSA) is 63.6 Å². The SMILES string of the molecule is C[C@@H](N1CNn2cc(Cl)c(=O)c(OCc3ccccc3)c2C1=O)C(F)(F)F. The summed E-state index contributed by atoms with van der Waals surface area (Å²) in [4.78, 5) is 25.7. The van der Waals surface area contributed by atoms with Gasteiger partial charge >= 0.3 is 6.18 Å². The Balaban J connectivity index is 1.99. The van der Waals surface area contributed by atoms with Gasteiger partial charge in [0, 0.05) is 6.20 Å². The van der Waals surface area contributed by atoms with E-state index in [4.69, 9.17) is 16.3 Å². The summed E-state index contributed by atoms with van der Waals surface area (Å²) in [5.74, 6) is -1.38. The lowest BCUT2D eigenvalue weighted by Gasteiger charge is -2.36. The molecular weight excluding hydrogens is 387 g/mol. The van der Waals surface area contributed by atoms with Crippen molar-refractivity contribution in [2.45, 2.75) is 25.7 Å². The quantitative estimate of drug-likeness (QED) is 0.855. The molecule has 1 aliphatic heterocycles. The van der Waals surface area contributed by atoms with Crippen molar-refractivity contribution in [2.75, 3.05) is 12.1 Å². The Morgan fingerprint density at radius 2 is 1.93 bits per heavy atom. The molecule has 2 heterocycles. The molecule has 0 bridgehead atoms. The number of amides is 1. The highest BCUT2D eigenvalue weighted by Gasteiger charge is 2.45. The molecule has 3 rings (SSSR count). The number of fused-ring (bicyclic) bond motifs is 1. The van der Waals surface area contributed by atoms with Crippen LogP contribution in [0.3, 0.4) is 0 Å². The number of carbonyl (C=O) groups excluding carboxylic acids is 1. The first-order valence-corrected chi connectivity index (χ1v) is 8.31. The van der Waals surface area contributed by atoms with E-state index in [-0.39, 0.29) is 17.3 Å². The Morgan fingerprint density at radius 1 is 1.26 bits per heavy atom. The van der Waals surface area contributed by atoms with E-state index in [1.807, 2.05) is 0 Å². The summed E-state index contributed by atoms with van der Waals surface area (Å²) in [5.41, 5.74) is 2.24. The fraction of sp³-hybridized carbons (Fsp3) is 0.294. The van der Waals surface area contributed by atoms with Crippen molar-refractivity contribution in [1.29, 1.82) is 0 Å². The summed E-state index contributed by atoms with van der Waals surface area (Å²) in [6.07, 6.45) is -3.47. The number of hydrogen-bond acceptors (Lipinski definition) is 4. The molecule has 0 fully saturated rings. The molecule has 0 unspecified atom stereocenters. The average Bonchev–Trinajstić information content (AvgIpc) is 2.62. The van der Waals surface area contributed by atoms with Gasteiger partial charge in [-0.25, -0.2) is 0 Å². The van der Waals surface area contributed by atoms with Gasteiger partial charge in [-0.05, 0) is 12.5 Å². The Bertz CT molecular complexity index is 915. The third kappa shape index (κ3) is 3.73. The molecule has 0 saturated heterocycles. The molecule has 0 radical (unpaired) electrons. The van der Waals surface area contributed by atoms with Gasteiger partial charge < -0.3 is 15.1 Å². The van der Waals surface area contributed by atoms with Crippen LogP contribution in [0, 0.1) is 0 Å². The molecule has 1 aromatic carbocycles. The van der Waals surface area contributed by atoms with E-state index in [2.05, 4.69) is 5.43 Å². The van der Waals surface area contributed by atoms with Gasteiger partial charge in [-0.3, -0.25) is 14.3 Å². The number of pyridine rings is 1. The highest BCUT2D eigenvalue weighted by Crippen LogP contribution is 2.29. The van der Waals surface area contributed by atoms with Crippen molar-refractivity contribution in [2.24, 2.45) is 0 Å². The van der Waals surface area contributed by atoms with Crippen LogP contribution in [0.1, 0.15) is 23.0 Å². The molecule has 27 heavy (non-hydrogen) atoms. The van der Waals surface area contributed by atoms with E-state index in [9.17, 15) is 22.8 Å². The fourth-order valence-corrected chi connectivity index (χ4v) is 2.78. The Labute approximate surface area is 157 Å². The maximum atomic E-state index is 13.1. The molecule has 1 aromatic heterocycles. The minimum atomic E-state index is -4.61. The second-order valence-corrected chi connectivity index (χ2v) is 6.34. The number of rotatable bonds is 4. The molecule has 10 heteroatoms. The molecular formula is C17H15ClF3N3O3. The number of alkyl halides is 3. The maximum Gasteiger partial charge on any atom is 0.408 e. The monoisotopic (exact) mass is 401 g/mol. The molecule has 1 aliphatic rings. The number of carbonyl (C=O) groups is 1. The van der Waals surface area contributed by atoms with Crippen molar-refractivity contribution >= 4 is 17.5 Å². The van der Waals surface area contributed by atoms with E-state index < -0.39 is 36.0 Å². The van der Waals surface area contributed by atoms with Crippen LogP contribution in [0.15, 0.2) is 41.3 Å². The van der Waals surface area contributed by atoms with Gasteiger partial charge in [-0.15, -0.1) is 0 Å². The van der Waals surface area contributed by atoms with E-state index in [1.165, 1.54) is 0 Å². The van der Waals surface area contributed by atoms with Crippen LogP contribution >= 0.6 is 11.6 Å². The van der Waals surface area contributed by atoms with Crippen molar-refractivity contribution < 1.29 is 22.7 Å². The van der Waals surface area contributed by atoms with Crippen LogP contribution in [-0.4, -0.2) is 34.4 Å². The van der Waals surface area contributed by atoms with Crippen LogP contribution < -0.4 is 15.6 Å².